The van der Waals surface area contributed by atoms with Crippen LogP contribution in [-0.2, 0) is 14.8 Å². The van der Waals surface area contributed by atoms with Crippen molar-refractivity contribution in [3.8, 4) is 5.75 Å². The van der Waals surface area contributed by atoms with Gasteiger partial charge in [0.05, 0.1) is 4.90 Å². The first kappa shape index (κ1) is 21.8. The zero-order valence-electron chi connectivity index (χ0n) is 15.6. The fraction of sp³-hybridized carbons (Fsp3) is 0.316. The van der Waals surface area contributed by atoms with Crippen molar-refractivity contribution in [2.45, 2.75) is 38.3 Å². The van der Waals surface area contributed by atoms with Crippen LogP contribution in [-0.4, -0.2) is 27.0 Å². The van der Waals surface area contributed by atoms with E-state index in [9.17, 15) is 22.0 Å². The zero-order valence-corrected chi connectivity index (χ0v) is 16.5. The van der Waals surface area contributed by atoms with Gasteiger partial charge in [0.25, 0.3) is 0 Å². The highest BCUT2D eigenvalue weighted by Crippen LogP contribution is 2.19. The molecule has 152 valence electrons. The van der Waals surface area contributed by atoms with Crippen molar-refractivity contribution in [3.05, 3.63) is 54.1 Å². The SMILES string of the molecule is Cc1ccc(S(=O)(=O)N[C@H](C(=O)Nc2ccc(OC(F)F)cc2)C(C)C)cc1. The molecule has 2 aromatic carbocycles. The van der Waals surface area contributed by atoms with Crippen LogP contribution in [0.25, 0.3) is 0 Å². The van der Waals surface area contributed by atoms with Crippen LogP contribution >= 0.6 is 0 Å². The first-order valence-corrected chi connectivity index (χ1v) is 10.0. The van der Waals surface area contributed by atoms with E-state index in [0.717, 1.165) is 5.56 Å². The number of rotatable bonds is 8. The average Bonchev–Trinajstić information content (AvgIpc) is 2.61. The molecule has 0 unspecified atom stereocenters. The van der Waals surface area contributed by atoms with E-state index < -0.39 is 28.6 Å². The molecular weight excluding hydrogens is 390 g/mol. The minimum Gasteiger partial charge on any atom is -0.435 e. The summed E-state index contributed by atoms with van der Waals surface area (Å²) in [4.78, 5) is 12.7. The maximum absolute atomic E-state index is 12.6. The predicted octanol–water partition coefficient (Wildman–Crippen LogP) is 3.54. The van der Waals surface area contributed by atoms with Crippen LogP contribution in [0.3, 0.4) is 0 Å². The summed E-state index contributed by atoms with van der Waals surface area (Å²) in [6.45, 7) is 2.32. The van der Waals surface area contributed by atoms with Crippen LogP contribution < -0.4 is 14.8 Å². The van der Waals surface area contributed by atoms with E-state index in [-0.39, 0.29) is 16.6 Å². The van der Waals surface area contributed by atoms with E-state index in [0.29, 0.717) is 5.69 Å². The monoisotopic (exact) mass is 412 g/mol. The van der Waals surface area contributed by atoms with Gasteiger partial charge in [-0.05, 0) is 49.2 Å². The standard InChI is InChI=1S/C19H22F2N2O4S/c1-12(2)17(23-28(25,26)16-10-4-13(3)5-11-16)18(24)22-14-6-8-15(9-7-14)27-19(20)21/h4-12,17,19,23H,1-3H3,(H,22,24)/t17-/m0/s1. The molecule has 28 heavy (non-hydrogen) atoms. The number of hydrogen-bond donors (Lipinski definition) is 2. The summed E-state index contributed by atoms with van der Waals surface area (Å²) >= 11 is 0. The van der Waals surface area contributed by atoms with Crippen LogP contribution in [0.15, 0.2) is 53.4 Å². The molecule has 0 aromatic heterocycles. The Morgan fingerprint density at radius 2 is 1.57 bits per heavy atom. The molecule has 0 saturated carbocycles. The maximum atomic E-state index is 12.6. The van der Waals surface area contributed by atoms with Crippen molar-refractivity contribution in [1.29, 1.82) is 0 Å². The van der Waals surface area contributed by atoms with Crippen molar-refractivity contribution in [2.24, 2.45) is 5.92 Å². The summed E-state index contributed by atoms with van der Waals surface area (Å²) in [5.41, 5.74) is 1.24. The topological polar surface area (TPSA) is 84.5 Å². The van der Waals surface area contributed by atoms with E-state index in [1.807, 2.05) is 6.92 Å². The fourth-order valence-corrected chi connectivity index (χ4v) is 3.73. The van der Waals surface area contributed by atoms with E-state index in [1.165, 1.54) is 36.4 Å². The normalized spacial score (nSPS) is 12.8. The van der Waals surface area contributed by atoms with Crippen molar-refractivity contribution < 1.29 is 26.7 Å². The second-order valence-corrected chi connectivity index (χ2v) is 8.26. The molecule has 0 radical (unpaired) electrons. The summed E-state index contributed by atoms with van der Waals surface area (Å²) < 4.78 is 56.2. The van der Waals surface area contributed by atoms with E-state index in [1.54, 1.807) is 26.0 Å². The summed E-state index contributed by atoms with van der Waals surface area (Å²) in [6.07, 6.45) is 0. The molecule has 0 spiro atoms. The van der Waals surface area contributed by atoms with Crippen molar-refractivity contribution in [3.63, 3.8) is 0 Å². The van der Waals surface area contributed by atoms with Crippen LogP contribution in [0.5, 0.6) is 5.75 Å². The Morgan fingerprint density at radius 3 is 2.07 bits per heavy atom. The Hall–Kier alpha value is -2.52. The molecule has 0 aliphatic heterocycles. The third kappa shape index (κ3) is 6.00. The van der Waals surface area contributed by atoms with Crippen LogP contribution in [0.2, 0.25) is 0 Å². The fourth-order valence-electron chi connectivity index (χ4n) is 2.38. The van der Waals surface area contributed by atoms with Gasteiger partial charge in [-0.25, -0.2) is 8.42 Å². The Kier molecular flexibility index (Phi) is 7.09. The molecule has 9 heteroatoms. The third-order valence-electron chi connectivity index (χ3n) is 3.91. The van der Waals surface area contributed by atoms with Gasteiger partial charge in [0.1, 0.15) is 11.8 Å². The third-order valence-corrected chi connectivity index (χ3v) is 5.37. The molecule has 1 atom stereocenters. The molecule has 0 heterocycles. The summed E-state index contributed by atoms with van der Waals surface area (Å²) in [5.74, 6) is -0.941. The number of carbonyl (C=O) groups excluding carboxylic acids is 1. The van der Waals surface area contributed by atoms with Gasteiger partial charge in [-0.2, -0.15) is 13.5 Å². The second kappa shape index (κ2) is 9.11. The predicted molar refractivity (Wildman–Crippen MR) is 102 cm³/mol. The Labute approximate surface area is 163 Å². The van der Waals surface area contributed by atoms with Gasteiger partial charge in [0.2, 0.25) is 15.9 Å². The summed E-state index contributed by atoms with van der Waals surface area (Å²) in [5, 5.41) is 2.58. The molecule has 0 bridgehead atoms. The van der Waals surface area contributed by atoms with Gasteiger partial charge in [-0.3, -0.25) is 4.79 Å². The minimum absolute atomic E-state index is 0.0477. The van der Waals surface area contributed by atoms with Gasteiger partial charge in [-0.1, -0.05) is 31.5 Å². The van der Waals surface area contributed by atoms with Crippen LogP contribution in [0, 0.1) is 12.8 Å². The number of amides is 1. The minimum atomic E-state index is -3.89. The molecule has 2 N–H and O–H groups in total. The number of sulfonamides is 1. The number of hydrogen-bond acceptors (Lipinski definition) is 4. The highest BCUT2D eigenvalue weighted by molar-refractivity contribution is 7.89. The molecule has 0 aliphatic carbocycles. The van der Waals surface area contributed by atoms with Crippen LogP contribution in [0.1, 0.15) is 19.4 Å². The number of aryl methyl sites for hydroxylation is 1. The van der Waals surface area contributed by atoms with E-state index in [4.69, 9.17) is 0 Å². The lowest BCUT2D eigenvalue weighted by molar-refractivity contribution is -0.118. The Bertz CT molecular complexity index is 899. The number of carbonyl (C=O) groups is 1. The summed E-state index contributed by atoms with van der Waals surface area (Å²) in [7, 11) is -3.89. The quantitative estimate of drug-likeness (QED) is 0.695. The first-order chi connectivity index (χ1) is 13.1. The van der Waals surface area contributed by atoms with Crippen LogP contribution in [0.4, 0.5) is 14.5 Å². The summed E-state index contributed by atoms with van der Waals surface area (Å²) in [6, 6.07) is 10.6. The molecule has 6 nitrogen and oxygen atoms in total. The number of halogens is 2. The molecule has 0 saturated heterocycles. The smallest absolute Gasteiger partial charge is 0.387 e. The highest BCUT2D eigenvalue weighted by Gasteiger charge is 2.28. The molecular formula is C19H22F2N2O4S. The lowest BCUT2D eigenvalue weighted by Gasteiger charge is -2.22. The molecule has 0 fully saturated rings. The van der Waals surface area contributed by atoms with Gasteiger partial charge >= 0.3 is 6.61 Å². The number of alkyl halides is 2. The van der Waals surface area contributed by atoms with Gasteiger partial charge < -0.3 is 10.1 Å². The van der Waals surface area contributed by atoms with Gasteiger partial charge in [0, 0.05) is 5.69 Å². The number of benzene rings is 2. The Balaban J connectivity index is 2.12. The number of anilines is 1. The first-order valence-electron chi connectivity index (χ1n) is 8.53. The van der Waals surface area contributed by atoms with Crippen molar-refractivity contribution >= 4 is 21.6 Å². The molecule has 1 amide bonds. The van der Waals surface area contributed by atoms with E-state index in [2.05, 4.69) is 14.8 Å². The van der Waals surface area contributed by atoms with Gasteiger partial charge in [-0.15, -0.1) is 0 Å². The van der Waals surface area contributed by atoms with Crippen molar-refractivity contribution in [2.75, 3.05) is 5.32 Å². The Morgan fingerprint density at radius 1 is 1.00 bits per heavy atom. The van der Waals surface area contributed by atoms with E-state index >= 15 is 0 Å². The number of nitrogens with one attached hydrogen (secondary N) is 2. The maximum Gasteiger partial charge on any atom is 0.387 e. The highest BCUT2D eigenvalue weighted by atomic mass is 32.2. The lowest BCUT2D eigenvalue weighted by atomic mass is 10.0. The average molecular weight is 412 g/mol. The molecule has 0 aliphatic rings. The lowest BCUT2D eigenvalue weighted by Crippen LogP contribution is -2.47. The molecule has 2 aromatic rings. The van der Waals surface area contributed by atoms with Gasteiger partial charge in [0.15, 0.2) is 0 Å². The molecule has 2 rings (SSSR count). The largest absolute Gasteiger partial charge is 0.435 e. The zero-order chi connectivity index (χ0) is 20.9. The second-order valence-electron chi connectivity index (χ2n) is 6.55. The van der Waals surface area contributed by atoms with Crippen molar-refractivity contribution in [1.82, 2.24) is 4.72 Å². The number of ether oxygens (including phenoxy) is 1.